The third kappa shape index (κ3) is 6.55. The van der Waals surface area contributed by atoms with Crippen molar-refractivity contribution in [3.63, 3.8) is 0 Å². The van der Waals surface area contributed by atoms with Crippen molar-refractivity contribution in [2.24, 2.45) is 5.73 Å². The molecule has 0 saturated carbocycles. The summed E-state index contributed by atoms with van der Waals surface area (Å²) < 4.78 is 4.93. The molecule has 0 radical (unpaired) electrons. The van der Waals surface area contributed by atoms with Crippen molar-refractivity contribution in [1.82, 2.24) is 5.32 Å². The van der Waals surface area contributed by atoms with E-state index < -0.39 is 5.97 Å². The van der Waals surface area contributed by atoms with E-state index in [-0.39, 0.29) is 38.0 Å². The largest absolute Gasteiger partial charge is 0.460 e. The first-order valence-electron chi connectivity index (χ1n) is 4.88. The molecule has 0 saturated heterocycles. The molecule has 0 spiro atoms. The van der Waals surface area contributed by atoms with E-state index in [0.29, 0.717) is 0 Å². The lowest BCUT2D eigenvalue weighted by Gasteiger charge is -2.05. The second-order valence-electron chi connectivity index (χ2n) is 3.13. The number of halogens is 1. The molecule has 0 atom stereocenters. The molecular weight excluding hydrogens is 244 g/mol. The second kappa shape index (κ2) is 8.55. The van der Waals surface area contributed by atoms with E-state index in [1.54, 1.807) is 0 Å². The number of benzene rings is 1. The molecule has 0 fully saturated rings. The number of nitrogens with one attached hydrogen (secondary N) is 1. The van der Waals surface area contributed by atoms with Crippen LogP contribution in [0.5, 0.6) is 0 Å². The van der Waals surface area contributed by atoms with Crippen LogP contribution in [0.2, 0.25) is 0 Å². The number of amides is 1. The zero-order chi connectivity index (χ0) is 11.8. The maximum atomic E-state index is 11.2. The van der Waals surface area contributed by atoms with Gasteiger partial charge in [0.05, 0.1) is 6.54 Å². The van der Waals surface area contributed by atoms with Crippen molar-refractivity contribution in [3.05, 3.63) is 35.9 Å². The fourth-order valence-electron chi connectivity index (χ4n) is 1.03. The molecule has 3 N–H and O–H groups in total. The Bertz CT molecular complexity index is 357. The SMILES string of the molecule is Cl.NCC(=O)NCC(=O)OCc1ccccc1. The van der Waals surface area contributed by atoms with E-state index in [1.165, 1.54) is 0 Å². The van der Waals surface area contributed by atoms with E-state index in [9.17, 15) is 9.59 Å². The van der Waals surface area contributed by atoms with Gasteiger partial charge in [-0.15, -0.1) is 12.4 Å². The van der Waals surface area contributed by atoms with Crippen LogP contribution in [0.4, 0.5) is 0 Å². The highest BCUT2D eigenvalue weighted by molar-refractivity contribution is 5.85. The predicted octanol–water partition coefficient (Wildman–Crippen LogP) is 0.226. The molecule has 1 aromatic carbocycles. The first kappa shape index (κ1) is 15.4. The Morgan fingerprint density at radius 3 is 2.47 bits per heavy atom. The molecule has 0 unspecified atom stereocenters. The normalized spacial score (nSPS) is 9.00. The van der Waals surface area contributed by atoms with Crippen molar-refractivity contribution in [3.8, 4) is 0 Å². The van der Waals surface area contributed by atoms with Crippen molar-refractivity contribution in [2.45, 2.75) is 6.61 Å². The molecule has 1 aromatic rings. The average Bonchev–Trinajstić information content (AvgIpc) is 2.34. The summed E-state index contributed by atoms with van der Waals surface area (Å²) in [6.45, 7) is -0.0764. The lowest BCUT2D eigenvalue weighted by Crippen LogP contribution is -2.34. The fraction of sp³-hybridized carbons (Fsp3) is 0.273. The van der Waals surface area contributed by atoms with Crippen LogP contribution < -0.4 is 11.1 Å². The molecule has 17 heavy (non-hydrogen) atoms. The summed E-state index contributed by atoms with van der Waals surface area (Å²) in [4.78, 5) is 21.9. The Kier molecular flexibility index (Phi) is 7.75. The number of rotatable bonds is 5. The summed E-state index contributed by atoms with van der Waals surface area (Å²) in [6, 6.07) is 9.31. The Balaban J connectivity index is 0.00000256. The topological polar surface area (TPSA) is 81.4 Å². The first-order chi connectivity index (χ1) is 7.72. The number of esters is 1. The Hall–Kier alpha value is -1.59. The van der Waals surface area contributed by atoms with Crippen molar-refractivity contribution in [1.29, 1.82) is 0 Å². The summed E-state index contributed by atoms with van der Waals surface area (Å²) in [7, 11) is 0. The number of nitrogens with two attached hydrogens (primary N) is 1. The van der Waals surface area contributed by atoms with Gasteiger partial charge in [0.15, 0.2) is 0 Å². The summed E-state index contributed by atoms with van der Waals surface area (Å²) in [5, 5.41) is 2.33. The van der Waals surface area contributed by atoms with E-state index >= 15 is 0 Å². The van der Waals surface area contributed by atoms with E-state index in [2.05, 4.69) is 5.32 Å². The third-order valence-electron chi connectivity index (χ3n) is 1.86. The van der Waals surface area contributed by atoms with Crippen LogP contribution in [0.15, 0.2) is 30.3 Å². The molecule has 1 amide bonds. The van der Waals surface area contributed by atoms with E-state index in [0.717, 1.165) is 5.56 Å². The molecule has 5 nitrogen and oxygen atoms in total. The molecule has 0 heterocycles. The van der Waals surface area contributed by atoms with Crippen molar-refractivity contribution >= 4 is 24.3 Å². The Morgan fingerprint density at radius 2 is 1.88 bits per heavy atom. The minimum absolute atomic E-state index is 0. The number of hydrogen-bond acceptors (Lipinski definition) is 4. The van der Waals surface area contributed by atoms with Gasteiger partial charge in [-0.2, -0.15) is 0 Å². The number of carbonyl (C=O) groups is 2. The van der Waals surface area contributed by atoms with E-state index in [4.69, 9.17) is 10.5 Å². The summed E-state index contributed by atoms with van der Waals surface area (Å²) in [5.41, 5.74) is 5.96. The average molecular weight is 259 g/mol. The monoisotopic (exact) mass is 258 g/mol. The molecular formula is C11H15ClN2O3. The maximum Gasteiger partial charge on any atom is 0.325 e. The molecule has 0 aliphatic rings. The first-order valence-corrected chi connectivity index (χ1v) is 4.88. The Morgan fingerprint density at radius 1 is 1.24 bits per heavy atom. The van der Waals surface area contributed by atoms with Crippen LogP contribution in [-0.4, -0.2) is 25.0 Å². The number of carbonyl (C=O) groups excluding carboxylic acids is 2. The maximum absolute atomic E-state index is 11.2. The zero-order valence-electron chi connectivity index (χ0n) is 9.22. The van der Waals surface area contributed by atoms with Crippen LogP contribution in [-0.2, 0) is 20.9 Å². The second-order valence-corrected chi connectivity index (χ2v) is 3.13. The van der Waals surface area contributed by atoms with Crippen LogP contribution in [0.25, 0.3) is 0 Å². The molecule has 0 aliphatic carbocycles. The highest BCUT2D eigenvalue weighted by atomic mass is 35.5. The molecule has 0 bridgehead atoms. The van der Waals surface area contributed by atoms with Crippen molar-refractivity contribution in [2.75, 3.05) is 13.1 Å². The number of hydrogen-bond donors (Lipinski definition) is 2. The van der Waals surface area contributed by atoms with Gasteiger partial charge in [-0.1, -0.05) is 30.3 Å². The van der Waals surface area contributed by atoms with Gasteiger partial charge in [0.1, 0.15) is 13.2 Å². The van der Waals surface area contributed by atoms with Gasteiger partial charge in [-0.05, 0) is 5.56 Å². The summed E-state index contributed by atoms with van der Waals surface area (Å²) in [5.74, 6) is -0.859. The van der Waals surface area contributed by atoms with Gasteiger partial charge in [-0.3, -0.25) is 9.59 Å². The van der Waals surface area contributed by atoms with Gasteiger partial charge in [0, 0.05) is 0 Å². The van der Waals surface area contributed by atoms with Gasteiger partial charge < -0.3 is 15.8 Å². The van der Waals surface area contributed by atoms with Gasteiger partial charge >= 0.3 is 5.97 Å². The molecule has 6 heteroatoms. The van der Waals surface area contributed by atoms with Crippen molar-refractivity contribution < 1.29 is 14.3 Å². The van der Waals surface area contributed by atoms with Gasteiger partial charge in [-0.25, -0.2) is 0 Å². The fourth-order valence-corrected chi connectivity index (χ4v) is 1.03. The van der Waals surface area contributed by atoms with Crippen LogP contribution in [0.3, 0.4) is 0 Å². The van der Waals surface area contributed by atoms with Crippen LogP contribution in [0.1, 0.15) is 5.56 Å². The van der Waals surface area contributed by atoms with Crippen LogP contribution >= 0.6 is 12.4 Å². The molecule has 1 rings (SSSR count). The Labute approximate surface area is 106 Å². The molecule has 0 aliphatic heterocycles. The minimum atomic E-state index is -0.481. The highest BCUT2D eigenvalue weighted by Gasteiger charge is 2.04. The van der Waals surface area contributed by atoms with Gasteiger partial charge in [0.25, 0.3) is 0 Å². The zero-order valence-corrected chi connectivity index (χ0v) is 10.0. The summed E-state index contributed by atoms with van der Waals surface area (Å²) in [6.07, 6.45) is 0. The molecule has 94 valence electrons. The minimum Gasteiger partial charge on any atom is -0.460 e. The lowest BCUT2D eigenvalue weighted by molar-refractivity contribution is -0.145. The van der Waals surface area contributed by atoms with Crippen LogP contribution in [0, 0.1) is 0 Å². The quantitative estimate of drug-likeness (QED) is 0.741. The lowest BCUT2D eigenvalue weighted by atomic mass is 10.2. The number of ether oxygens (including phenoxy) is 1. The van der Waals surface area contributed by atoms with Gasteiger partial charge in [0.2, 0.25) is 5.91 Å². The van der Waals surface area contributed by atoms with E-state index in [1.807, 2.05) is 30.3 Å². The standard InChI is InChI=1S/C11H14N2O3.ClH/c12-6-10(14)13-7-11(15)16-8-9-4-2-1-3-5-9;/h1-5H,6-8,12H2,(H,13,14);1H. The smallest absolute Gasteiger partial charge is 0.325 e. The predicted molar refractivity (Wildman–Crippen MR) is 65.6 cm³/mol. The molecule has 0 aromatic heterocycles. The third-order valence-corrected chi connectivity index (χ3v) is 1.86. The highest BCUT2D eigenvalue weighted by Crippen LogP contribution is 2.00. The summed E-state index contributed by atoms with van der Waals surface area (Å²) >= 11 is 0.